The molecule has 20 aromatic rings. The van der Waals surface area contributed by atoms with E-state index in [1.165, 1.54) is 10.6 Å². The van der Waals surface area contributed by atoms with Gasteiger partial charge in [0.1, 0.15) is 51.4 Å². The van der Waals surface area contributed by atoms with E-state index in [-0.39, 0.29) is 65.8 Å². The third-order valence-corrected chi connectivity index (χ3v) is 28.1. The molecule has 40 heteroatoms. The van der Waals surface area contributed by atoms with E-state index in [9.17, 15) is 37.2 Å². The minimum absolute atomic E-state index is 0.00343. The van der Waals surface area contributed by atoms with Gasteiger partial charge in [-0.3, -0.25) is 28.8 Å². The molecule has 11 heterocycles. The molecule has 1 aliphatic heterocycles. The summed E-state index contributed by atoms with van der Waals surface area (Å²) in [5.41, 5.74) is 13.6. The number of nitrogens with one attached hydrogen (secondary N) is 11. The van der Waals surface area contributed by atoms with Crippen LogP contribution in [0, 0.1) is 5.92 Å². The first-order valence-corrected chi connectivity index (χ1v) is 52.3. The van der Waals surface area contributed by atoms with Gasteiger partial charge in [0, 0.05) is 194 Å². The summed E-state index contributed by atoms with van der Waals surface area (Å²) in [7, 11) is 3.24. The van der Waals surface area contributed by atoms with E-state index in [4.69, 9.17) is 97.6 Å². The van der Waals surface area contributed by atoms with Crippen LogP contribution in [0.1, 0.15) is 136 Å². The number of hydrogen-bond donors (Lipinski definition) is 11. The molecule has 0 bridgehead atoms. The molecule has 2 atom stereocenters. The van der Waals surface area contributed by atoms with Gasteiger partial charge in [-0.25, -0.2) is 22.4 Å². The van der Waals surface area contributed by atoms with E-state index in [2.05, 4.69) is 88.8 Å². The Kier molecular flexibility index (Phi) is 35.8. The molecule has 0 aliphatic carbocycles. The SMILES string of the molecule is CC(NC(=O)c1cc2cc(Cl)ccc2[nH]1)C1CCN(S(C)(=O)=O)CC1.CCC(NC(=O)c1cc2cc(Cl)ccc2[nH]1)c1ccccc1.COc1ccc(-c2noc(CNC(=O)c3cc4cc(Cl)ccc4[nH]3)n2)cc1OC.COc1cccc(-c2cc(CCC(=O)c3cc4cc(Cl)ccc4[nH]3)on2)c1.COc1cccc(-n2cc(CNC(=O)c3cc4cc(Cl)ccc4[nH]3)cn2)c1.O=C(NCCc1nccs1)c1cc2cc(Cl)ccc2[nH]1. The average molecular weight is 2180 g/mol. The Hall–Kier alpha value is -15.5. The fraction of sp³-hybridized carbons (Fsp3) is 0.191. The molecule has 11 N–H and O–H groups in total. The van der Waals surface area contributed by atoms with Gasteiger partial charge in [-0.15, -0.1) is 11.3 Å². The molecule has 5 amide bonds. The number of ketones is 1. The topological polar surface area (TPSA) is 427 Å². The summed E-state index contributed by atoms with van der Waals surface area (Å²) < 4.78 is 58.0. The van der Waals surface area contributed by atoms with Crippen LogP contribution in [0.2, 0.25) is 30.1 Å². The van der Waals surface area contributed by atoms with Gasteiger partial charge in [0.15, 0.2) is 17.3 Å². The van der Waals surface area contributed by atoms with Gasteiger partial charge in [-0.2, -0.15) is 10.1 Å². The van der Waals surface area contributed by atoms with Crippen LogP contribution in [0.5, 0.6) is 23.0 Å². The van der Waals surface area contributed by atoms with Crippen molar-refractivity contribution in [3.8, 4) is 51.3 Å². The maximum absolute atomic E-state index is 12.5. The highest BCUT2D eigenvalue weighted by Gasteiger charge is 2.30. The van der Waals surface area contributed by atoms with Gasteiger partial charge in [0.05, 0.1) is 69.9 Å². The molecule has 21 rings (SSSR count). The number of hydrogen-bond acceptors (Lipinski definition) is 20. The molecule has 1 fully saturated rings. The number of aryl methyl sites for hydroxylation is 1. The Labute approximate surface area is 895 Å². The largest absolute Gasteiger partial charge is 0.497 e. The highest BCUT2D eigenvalue weighted by molar-refractivity contribution is 7.88. The number of aromatic nitrogens is 12. The highest BCUT2D eigenvalue weighted by Crippen LogP contribution is 2.35. The number of ether oxygens (including phenoxy) is 4. The Morgan fingerprint density at radius 3 is 1.45 bits per heavy atom. The van der Waals surface area contributed by atoms with Crippen LogP contribution in [0.15, 0.2) is 282 Å². The molecule has 10 aromatic heterocycles. The van der Waals surface area contributed by atoms with Gasteiger partial charge in [0.25, 0.3) is 29.5 Å². The standard InChI is InChI=1S/C21H17ClN2O3.C20H17ClN4O4.C20H17ClN4O2.C18H17ClN2O.C17H22ClN3O3S.C14H12ClN3OS/c1-26-16-4-2-3-13(10-16)19-12-17(27-24-19)6-8-21(25)20-11-14-9-15(22)5-7-18(14)23-20;1-27-16-6-3-11(9-17(16)28-2)19-24-18(29-25-19)10-22-20(26)15-8-12-7-13(21)4-5-14(12)23-15;1-27-17-4-2-3-16(9-17)25-12-13(11-23-25)10-22-20(26)19-8-14-7-15(21)5-6-18(14)24-19;1-2-15(12-6-4-3-5-7-12)21-18(22)17-11-13-10-14(19)8-9-16(13)20-17;1-11(12-5-7-21(8-6-12)25(2,23)24)19-17(22)16-10-13-9-14(18)3-4-15(13)20-16;15-10-1-2-11-9(7-10)8-12(18-11)14(19)17-4-3-13-16-5-6-20-13/h2-5,7,9-12,23H,6,8H2,1H3;3-9,23H,10H2,1-2H3,(H,22,26);2-9,11-12,24H,10H2,1H3,(H,22,26);3-11,15,20H,2H2,1H3,(H,21,22);3-4,9-12,20H,5-8H2,1-2H3,(H,19,22);1-2,5-8,18H,3-4H2,(H,17,19). The van der Waals surface area contributed by atoms with Crippen molar-refractivity contribution in [1.82, 2.24) is 90.9 Å². The van der Waals surface area contributed by atoms with E-state index in [1.54, 1.807) is 142 Å². The van der Waals surface area contributed by atoms with Crippen LogP contribution in [0.25, 0.3) is 93.8 Å². The van der Waals surface area contributed by atoms with Crippen LogP contribution in [0.3, 0.4) is 0 Å². The fourth-order valence-electron chi connectivity index (χ4n) is 16.6. The Bertz CT molecular complexity index is 8110. The lowest BCUT2D eigenvalue weighted by atomic mass is 9.91. The second kappa shape index (κ2) is 50.0. The van der Waals surface area contributed by atoms with E-state index in [1.807, 2.05) is 182 Å². The zero-order valence-corrected chi connectivity index (χ0v) is 88.1. The number of amides is 5. The number of piperidine rings is 1. The first-order chi connectivity index (χ1) is 72.4. The van der Waals surface area contributed by atoms with Crippen molar-refractivity contribution in [1.29, 1.82) is 0 Å². The first-order valence-electron chi connectivity index (χ1n) is 47.4. The minimum atomic E-state index is -3.13. The van der Waals surface area contributed by atoms with Crippen molar-refractivity contribution in [2.45, 2.75) is 77.5 Å². The first kappa shape index (κ1) is 107. The number of methoxy groups -OCH3 is 4. The third-order valence-electron chi connectivity index (χ3n) is 24.5. The smallest absolute Gasteiger partial charge is 0.268 e. The van der Waals surface area contributed by atoms with E-state index in [0.717, 1.165) is 136 Å². The van der Waals surface area contributed by atoms with Crippen LogP contribution < -0.4 is 45.5 Å². The Morgan fingerprint density at radius 1 is 0.480 bits per heavy atom. The maximum atomic E-state index is 12.5. The number of nitrogens with zero attached hydrogens (tertiary/aromatic N) is 7. The second-order valence-electron chi connectivity index (χ2n) is 34.8. The van der Waals surface area contributed by atoms with Gasteiger partial charge < -0.3 is 84.5 Å². The van der Waals surface area contributed by atoms with Crippen molar-refractivity contribution in [3.63, 3.8) is 0 Å². The van der Waals surface area contributed by atoms with Crippen molar-refractivity contribution >= 4 is 192 Å². The number of aromatic amines is 6. The van der Waals surface area contributed by atoms with Crippen molar-refractivity contribution < 1.29 is 65.2 Å². The molecule has 770 valence electrons. The van der Waals surface area contributed by atoms with Crippen molar-refractivity contribution in [3.05, 3.63) is 365 Å². The molecule has 150 heavy (non-hydrogen) atoms. The lowest BCUT2D eigenvalue weighted by Gasteiger charge is -2.33. The highest BCUT2D eigenvalue weighted by atomic mass is 35.5. The summed E-state index contributed by atoms with van der Waals surface area (Å²) in [6, 6.07) is 75.9. The molecule has 0 saturated carbocycles. The summed E-state index contributed by atoms with van der Waals surface area (Å²) in [5, 5.41) is 39.3. The number of carbonyl (C=O) groups excluding carboxylic acids is 6. The quantitative estimate of drug-likeness (QED) is 0.0194. The predicted molar refractivity (Wildman–Crippen MR) is 587 cm³/mol. The van der Waals surface area contributed by atoms with Crippen LogP contribution in [-0.4, -0.2) is 168 Å². The molecule has 0 spiro atoms. The molecular weight excluding hydrogens is 2070 g/mol. The molecule has 2 unspecified atom stereocenters. The van der Waals surface area contributed by atoms with Gasteiger partial charge in [-0.1, -0.05) is 135 Å². The molecule has 0 radical (unpaired) electrons. The molecule has 1 aliphatic rings. The number of benzene rings is 10. The maximum Gasteiger partial charge on any atom is 0.268 e. The Balaban J connectivity index is 0.000000129. The predicted octanol–water partition coefficient (Wildman–Crippen LogP) is 23.6. The van der Waals surface area contributed by atoms with Crippen LogP contribution in [0.4, 0.5) is 0 Å². The fourth-order valence-corrected chi connectivity index (χ4v) is 19.2. The molecule has 1 saturated heterocycles. The summed E-state index contributed by atoms with van der Waals surface area (Å²) >= 11 is 37.4. The monoisotopic (exact) mass is 2170 g/mol. The van der Waals surface area contributed by atoms with E-state index in [0.29, 0.717) is 132 Å². The summed E-state index contributed by atoms with van der Waals surface area (Å²) in [6.45, 7) is 6.08. The third kappa shape index (κ3) is 28.3. The van der Waals surface area contributed by atoms with E-state index < -0.39 is 10.0 Å². The summed E-state index contributed by atoms with van der Waals surface area (Å²) in [4.78, 5) is 101. The second-order valence-corrected chi connectivity index (χ2v) is 40.4. The zero-order chi connectivity index (χ0) is 106. The number of H-pyrrole nitrogens is 6. The molecule has 32 nitrogen and oxygen atoms in total. The normalized spacial score (nSPS) is 12.4. The van der Waals surface area contributed by atoms with Crippen molar-refractivity contribution in [2.24, 2.45) is 5.92 Å². The lowest BCUT2D eigenvalue weighted by Crippen LogP contribution is -2.45. The summed E-state index contributed by atoms with van der Waals surface area (Å²) in [6.07, 6.45) is 10.5. The number of sulfonamides is 1. The number of halogens is 6. The van der Waals surface area contributed by atoms with Crippen molar-refractivity contribution in [2.75, 3.05) is 54.3 Å². The molecule has 10 aromatic carbocycles. The molecular formula is C110H102Cl6N18O14S2. The zero-order valence-electron chi connectivity index (χ0n) is 81.9. The average Bonchev–Trinajstić information content (AvgIpc) is 1.65. The van der Waals surface area contributed by atoms with Gasteiger partial charge >= 0.3 is 0 Å². The Morgan fingerprint density at radius 2 is 0.960 bits per heavy atom. The number of carbonyl (C=O) groups is 6. The minimum Gasteiger partial charge on any atom is -0.497 e. The van der Waals surface area contributed by atoms with E-state index >= 15 is 0 Å². The number of rotatable bonds is 29. The van der Waals surface area contributed by atoms with Crippen LogP contribution >= 0.6 is 80.9 Å². The van der Waals surface area contributed by atoms with Gasteiger partial charge in [-0.05, 0) is 226 Å². The number of thiazole rings is 1. The number of Topliss-reactive ketones (excluding diaryl/α,β-unsaturated/α-hetero) is 1. The van der Waals surface area contributed by atoms with Gasteiger partial charge in [0.2, 0.25) is 21.7 Å². The number of fused-ring (bicyclic) bond motifs is 6. The lowest BCUT2D eigenvalue weighted by molar-refractivity contribution is 0.0906. The van der Waals surface area contributed by atoms with Crippen LogP contribution in [-0.2, 0) is 36.0 Å². The summed E-state index contributed by atoms with van der Waals surface area (Å²) in [5.74, 6) is 3.43.